The maximum absolute atomic E-state index is 11.8. The van der Waals surface area contributed by atoms with Gasteiger partial charge in [0.25, 0.3) is 0 Å². The summed E-state index contributed by atoms with van der Waals surface area (Å²) in [6.45, 7) is 5.25. The van der Waals surface area contributed by atoms with E-state index < -0.39 is 14.6 Å². The van der Waals surface area contributed by atoms with Gasteiger partial charge < -0.3 is 5.73 Å². The summed E-state index contributed by atoms with van der Waals surface area (Å²) >= 11 is 0. The van der Waals surface area contributed by atoms with Crippen molar-refractivity contribution in [3.63, 3.8) is 0 Å². The van der Waals surface area contributed by atoms with Gasteiger partial charge in [-0.2, -0.15) is 5.10 Å². The van der Waals surface area contributed by atoms with Gasteiger partial charge in [-0.05, 0) is 20.3 Å². The Hall–Kier alpha value is -1.04. The van der Waals surface area contributed by atoms with Crippen LogP contribution in [-0.4, -0.2) is 24.5 Å². The summed E-state index contributed by atoms with van der Waals surface area (Å²) in [5, 5.41) is 4.23. The quantitative estimate of drug-likeness (QED) is 0.856. The lowest BCUT2D eigenvalue weighted by atomic mass is 10.0. The SMILES string of the molecule is CCc1c(C(C)(C)S(C)(=O)=O)nn(C)c1N. The summed E-state index contributed by atoms with van der Waals surface area (Å²) in [5.41, 5.74) is 7.23. The second kappa shape index (κ2) is 3.76. The van der Waals surface area contributed by atoms with E-state index in [0.717, 1.165) is 5.56 Å². The Morgan fingerprint density at radius 3 is 2.31 bits per heavy atom. The third kappa shape index (κ3) is 1.81. The maximum atomic E-state index is 11.8. The molecule has 0 aliphatic carbocycles. The van der Waals surface area contributed by atoms with Crippen LogP contribution in [0.5, 0.6) is 0 Å². The Labute approximate surface area is 96.6 Å². The monoisotopic (exact) mass is 245 g/mol. The number of aryl methyl sites for hydroxylation is 1. The molecule has 0 radical (unpaired) electrons. The molecule has 1 rings (SSSR count). The van der Waals surface area contributed by atoms with Crippen molar-refractivity contribution in [1.29, 1.82) is 0 Å². The maximum Gasteiger partial charge on any atom is 0.158 e. The molecule has 0 spiro atoms. The van der Waals surface area contributed by atoms with Crippen LogP contribution in [0.25, 0.3) is 0 Å². The molecule has 0 aromatic carbocycles. The smallest absolute Gasteiger partial charge is 0.158 e. The summed E-state index contributed by atoms with van der Waals surface area (Å²) in [6.07, 6.45) is 1.89. The molecule has 0 aliphatic rings. The van der Waals surface area contributed by atoms with E-state index in [-0.39, 0.29) is 0 Å². The second-order valence-electron chi connectivity index (χ2n) is 4.47. The molecule has 16 heavy (non-hydrogen) atoms. The Balaban J connectivity index is 3.51. The number of nitrogens with two attached hydrogens (primary N) is 1. The van der Waals surface area contributed by atoms with Crippen molar-refractivity contribution in [2.24, 2.45) is 7.05 Å². The molecule has 0 saturated heterocycles. The van der Waals surface area contributed by atoms with Crippen molar-refractivity contribution >= 4 is 15.7 Å². The molecule has 6 heteroatoms. The third-order valence-electron chi connectivity index (χ3n) is 3.04. The van der Waals surface area contributed by atoms with Crippen LogP contribution >= 0.6 is 0 Å². The lowest BCUT2D eigenvalue weighted by Gasteiger charge is -2.21. The van der Waals surface area contributed by atoms with Crippen LogP contribution in [0.2, 0.25) is 0 Å². The summed E-state index contributed by atoms with van der Waals surface area (Å²) in [7, 11) is -1.50. The molecule has 5 nitrogen and oxygen atoms in total. The van der Waals surface area contributed by atoms with Crippen molar-refractivity contribution in [2.45, 2.75) is 31.9 Å². The largest absolute Gasteiger partial charge is 0.384 e. The minimum atomic E-state index is -3.22. The van der Waals surface area contributed by atoms with E-state index in [4.69, 9.17) is 5.73 Å². The van der Waals surface area contributed by atoms with E-state index in [1.54, 1.807) is 20.9 Å². The van der Waals surface area contributed by atoms with Gasteiger partial charge in [-0.25, -0.2) is 8.42 Å². The molecular formula is C10H19N3O2S. The van der Waals surface area contributed by atoms with E-state index in [2.05, 4.69) is 5.10 Å². The highest BCUT2D eigenvalue weighted by molar-refractivity contribution is 7.91. The first-order valence-electron chi connectivity index (χ1n) is 5.14. The van der Waals surface area contributed by atoms with Crippen LogP contribution in [0.15, 0.2) is 0 Å². The number of nitrogens with zero attached hydrogens (tertiary/aromatic N) is 2. The average Bonchev–Trinajstić information content (AvgIpc) is 2.42. The predicted molar refractivity (Wildman–Crippen MR) is 64.9 cm³/mol. The topological polar surface area (TPSA) is 78.0 Å². The molecule has 1 aromatic rings. The van der Waals surface area contributed by atoms with E-state index in [9.17, 15) is 8.42 Å². The molecule has 2 N–H and O–H groups in total. The molecule has 0 unspecified atom stereocenters. The highest BCUT2D eigenvalue weighted by atomic mass is 32.2. The zero-order chi connectivity index (χ0) is 12.7. The molecule has 92 valence electrons. The minimum absolute atomic E-state index is 0.536. The lowest BCUT2D eigenvalue weighted by Crippen LogP contribution is -2.29. The fraction of sp³-hybridized carbons (Fsp3) is 0.700. The Kier molecular flexibility index (Phi) is 3.06. The van der Waals surface area contributed by atoms with Crippen LogP contribution < -0.4 is 5.73 Å². The zero-order valence-electron chi connectivity index (χ0n) is 10.4. The van der Waals surface area contributed by atoms with Crippen molar-refractivity contribution in [3.05, 3.63) is 11.3 Å². The van der Waals surface area contributed by atoms with Crippen LogP contribution in [0.3, 0.4) is 0 Å². The van der Waals surface area contributed by atoms with Crippen LogP contribution in [0, 0.1) is 0 Å². The number of sulfone groups is 1. The van der Waals surface area contributed by atoms with E-state index >= 15 is 0 Å². The van der Waals surface area contributed by atoms with Gasteiger partial charge in [0.15, 0.2) is 9.84 Å². The number of hydrogen-bond acceptors (Lipinski definition) is 4. The van der Waals surface area contributed by atoms with Crippen molar-refractivity contribution in [1.82, 2.24) is 9.78 Å². The number of anilines is 1. The Morgan fingerprint density at radius 2 is 1.94 bits per heavy atom. The van der Waals surface area contributed by atoms with E-state index in [0.29, 0.717) is 17.9 Å². The number of rotatable bonds is 3. The third-order valence-corrected chi connectivity index (χ3v) is 5.09. The molecule has 0 amide bonds. The fourth-order valence-corrected chi connectivity index (χ4v) is 2.10. The molecule has 1 heterocycles. The van der Waals surface area contributed by atoms with Gasteiger partial charge in [-0.3, -0.25) is 4.68 Å². The molecule has 0 saturated carbocycles. The van der Waals surface area contributed by atoms with Crippen molar-refractivity contribution in [2.75, 3.05) is 12.0 Å². The average molecular weight is 245 g/mol. The van der Waals surface area contributed by atoms with Gasteiger partial charge in [0, 0.05) is 18.9 Å². The molecule has 1 aromatic heterocycles. The normalized spacial score (nSPS) is 13.1. The Bertz CT molecular complexity index is 500. The fourth-order valence-electron chi connectivity index (χ4n) is 1.59. The predicted octanol–water partition coefficient (Wildman–Crippen LogP) is 0.844. The van der Waals surface area contributed by atoms with E-state index in [1.807, 2.05) is 6.92 Å². The summed E-state index contributed by atoms with van der Waals surface area (Å²) in [6, 6.07) is 0. The summed E-state index contributed by atoms with van der Waals surface area (Å²) < 4.78 is 24.0. The molecular weight excluding hydrogens is 226 g/mol. The van der Waals surface area contributed by atoms with Gasteiger partial charge in [0.2, 0.25) is 0 Å². The first-order chi connectivity index (χ1) is 7.13. The number of nitrogen functional groups attached to an aromatic ring is 1. The van der Waals surface area contributed by atoms with Gasteiger partial charge in [0.05, 0.1) is 5.69 Å². The highest BCUT2D eigenvalue weighted by Crippen LogP contribution is 2.33. The summed E-state index contributed by atoms with van der Waals surface area (Å²) in [4.78, 5) is 0. The molecule has 0 atom stereocenters. The summed E-state index contributed by atoms with van der Waals surface area (Å²) in [5.74, 6) is 0.536. The molecule has 0 aliphatic heterocycles. The van der Waals surface area contributed by atoms with Gasteiger partial charge >= 0.3 is 0 Å². The van der Waals surface area contributed by atoms with Crippen LogP contribution in [-0.2, 0) is 28.1 Å². The number of hydrogen-bond donors (Lipinski definition) is 1. The van der Waals surface area contributed by atoms with Gasteiger partial charge in [0.1, 0.15) is 10.6 Å². The second-order valence-corrected chi connectivity index (χ2v) is 7.04. The van der Waals surface area contributed by atoms with E-state index in [1.165, 1.54) is 10.9 Å². The van der Waals surface area contributed by atoms with Crippen LogP contribution in [0.4, 0.5) is 5.82 Å². The Morgan fingerprint density at radius 1 is 1.44 bits per heavy atom. The first-order valence-corrected chi connectivity index (χ1v) is 7.03. The number of aromatic nitrogens is 2. The van der Waals surface area contributed by atoms with Gasteiger partial charge in [-0.1, -0.05) is 6.92 Å². The van der Waals surface area contributed by atoms with Crippen molar-refractivity contribution < 1.29 is 8.42 Å². The lowest BCUT2D eigenvalue weighted by molar-refractivity contribution is 0.551. The van der Waals surface area contributed by atoms with Crippen molar-refractivity contribution in [3.8, 4) is 0 Å². The van der Waals surface area contributed by atoms with Gasteiger partial charge in [-0.15, -0.1) is 0 Å². The highest BCUT2D eigenvalue weighted by Gasteiger charge is 2.37. The molecule has 0 bridgehead atoms. The minimum Gasteiger partial charge on any atom is -0.384 e. The van der Waals surface area contributed by atoms with Crippen LogP contribution in [0.1, 0.15) is 32.0 Å². The zero-order valence-corrected chi connectivity index (χ0v) is 11.2. The first kappa shape index (κ1) is 13.0. The molecule has 0 fully saturated rings. The standard InChI is InChI=1S/C10H19N3O2S/c1-6-7-8(12-13(4)9(7)11)10(2,3)16(5,14)15/h6,11H2,1-5H3.